The van der Waals surface area contributed by atoms with E-state index in [-0.39, 0.29) is 99.2 Å². The number of aromatic carboxylic acids is 2. The van der Waals surface area contributed by atoms with Crippen LogP contribution >= 0.6 is 24.1 Å². The maximum absolute atomic E-state index is 11.2. The molecule has 0 saturated heterocycles. The summed E-state index contributed by atoms with van der Waals surface area (Å²) in [7, 11) is -10.2. The molecule has 116 heavy (non-hydrogen) atoms. The number of rotatable bonds is 18. The number of carbonyl (C=O) groups is 2. The van der Waals surface area contributed by atoms with Crippen LogP contribution in [0.5, 0.6) is 46.0 Å². The Labute approximate surface area is 655 Å². The molecular formula is C58H62N16O37S5. The maximum Gasteiger partial charge on any atom is 0.339 e. The number of para-hydroxylation sites is 1. The van der Waals surface area contributed by atoms with Gasteiger partial charge in [-0.15, -0.1) is 8.67 Å². The first-order valence-corrected chi connectivity index (χ1v) is 35.3. The molecule has 9 aromatic carbocycles. The number of sulfone groups is 1. The molecule has 0 bridgehead atoms. The predicted octanol–water partition coefficient (Wildman–Crippen LogP) is 6.32. The molecule has 0 amide bonds. The number of nitro benzene ring substituents is 6. The average molecular weight is 1740 g/mol. The van der Waals surface area contributed by atoms with Crippen molar-refractivity contribution in [2.45, 2.75) is 24.5 Å². The Hall–Kier alpha value is -14.9. The Morgan fingerprint density at radius 2 is 0.759 bits per heavy atom. The number of carboxylic acid groups (broad SMARTS) is 2. The van der Waals surface area contributed by atoms with E-state index in [0.29, 0.717) is 41.9 Å². The van der Waals surface area contributed by atoms with Crippen molar-refractivity contribution in [3.63, 3.8) is 0 Å². The number of sulfonamides is 1. The summed E-state index contributed by atoms with van der Waals surface area (Å²) in [5.41, 5.74) is 43.7. The summed E-state index contributed by atoms with van der Waals surface area (Å²) in [6.07, 6.45) is 1.08. The third-order valence-electron chi connectivity index (χ3n) is 12.7. The van der Waals surface area contributed by atoms with Crippen LogP contribution in [-0.2, 0) is 48.7 Å². The number of nitrogens with two attached hydrogens (primary N) is 9. The second-order valence-corrected chi connectivity index (χ2v) is 27.5. The molecule has 0 unspecified atom stereocenters. The number of nitrogens with zero attached hydrogens (tertiary/aromatic N) is 6. The highest BCUT2D eigenvalue weighted by Gasteiger charge is 2.25. The SMILES string of the molecule is CNS(=O)(=O)c1ccc(O)c(N)c1.CS(=O)(=O)c1ccc(O)c(N)c1.Nc1cc(SOOO)cc(C(=O)O)c1O.Nc1cc(SOOO)cc([N+](=O)[O-])c1O.Nc1cc([N+](=O)[O-])cc(S(=O)(=O)O)c1O.Nc1cc([N+](=O)[O-])cc([N+](=O)[O-])c1O.Nc1cc([N+](=O)[O-])ccc1O.Nc1ccc([N+](=O)[O-])cc1O.Nc1ccccc1C(=O)O. The molecule has 9 aromatic rings. The molecule has 0 aliphatic carbocycles. The van der Waals surface area contributed by atoms with Crippen molar-refractivity contribution in [1.29, 1.82) is 0 Å². The number of phenols is 8. The number of nitrogen functional groups attached to an aromatic ring is 9. The highest BCUT2D eigenvalue weighted by molar-refractivity contribution is 7.94. The molecule has 0 aliphatic heterocycles. The minimum atomic E-state index is -4.75. The number of phenolic OH excluding ortho intramolecular Hbond substituents is 7. The summed E-state index contributed by atoms with van der Waals surface area (Å²) in [6, 6.07) is 28.3. The smallest absolute Gasteiger partial charge is 0.339 e. The molecular weight excluding hydrogens is 1670 g/mol. The zero-order valence-corrected chi connectivity index (χ0v) is 62.0. The van der Waals surface area contributed by atoms with Crippen LogP contribution in [0.2, 0.25) is 0 Å². The van der Waals surface area contributed by atoms with Crippen LogP contribution in [0.15, 0.2) is 170 Å². The minimum Gasteiger partial charge on any atom is -0.506 e. The number of non-ortho nitro benzene ring substituents is 4. The number of hydrogen-bond acceptors (Lipinski definition) is 45. The topological polar surface area (TPSA) is 942 Å². The summed E-state index contributed by atoms with van der Waals surface area (Å²) in [4.78, 5) is 77.6. The highest BCUT2D eigenvalue weighted by Crippen LogP contribution is 2.39. The van der Waals surface area contributed by atoms with Crippen molar-refractivity contribution in [1.82, 2.24) is 4.72 Å². The summed E-state index contributed by atoms with van der Waals surface area (Å²) in [6.45, 7) is 0. The third-order valence-corrected chi connectivity index (χ3v) is 17.2. The monoisotopic (exact) mass is 1730 g/mol. The molecule has 53 nitrogen and oxygen atoms in total. The van der Waals surface area contributed by atoms with Gasteiger partial charge in [0.2, 0.25) is 21.5 Å². The Bertz CT molecular complexity index is 5330. The van der Waals surface area contributed by atoms with E-state index in [0.717, 1.165) is 42.7 Å². The van der Waals surface area contributed by atoms with Gasteiger partial charge in [0, 0.05) is 64.2 Å². The van der Waals surface area contributed by atoms with Crippen molar-refractivity contribution in [3.05, 3.63) is 217 Å². The minimum absolute atomic E-state index is 0.0131. The van der Waals surface area contributed by atoms with Gasteiger partial charge in [0.25, 0.3) is 32.9 Å². The first-order valence-electron chi connectivity index (χ1n) is 29.0. The Kier molecular flexibility index (Phi) is 38.3. The lowest BCUT2D eigenvalue weighted by molar-refractivity contribution is -0.432. The lowest BCUT2D eigenvalue weighted by Gasteiger charge is -2.05. The summed E-state index contributed by atoms with van der Waals surface area (Å²) in [5.74, 6) is -5.77. The van der Waals surface area contributed by atoms with Crippen molar-refractivity contribution < 1.29 is 149 Å². The number of hydrogen-bond donors (Lipinski definition) is 23. The molecule has 32 N–H and O–H groups in total. The maximum atomic E-state index is 11.2. The van der Waals surface area contributed by atoms with Crippen LogP contribution in [0.25, 0.3) is 0 Å². The third kappa shape index (κ3) is 31.9. The standard InChI is InChI=1S/C7H10N2O3S.C7H7NO6S.C7H9NO3S.C7H7NO2.C6H5N3O5.2C6H6N2O6S.2C6H6N2O3/c1-9-13(11,12)5-2-3-7(10)6(8)4-5;8-5-2-3(15-14-13-12)1-4(6(5)9)7(10)11;1-12(10,11)5-2-3-7(9)6(8)4-5;8-6-4-2-1-3-5(6)7(9)10;7-4-1-3(8(11)12)2-5(6(4)10)9(13)14;7-4-1-3(15-14-13-12)2-5(6(4)9)8(10)11;7-4-1-3(8(10)11)2-5(6(4)9)15(12,13)14;7-5-3-4(8(10)11)1-2-6(5)9;7-5-2-1-4(8(10)11)3-6(5)9/h2-4,9-10H,8H2,1H3;1-2,9,12H,8H2,(H,10,11);2-4,9H,8H2,1H3;1-4H,8H2,(H,9,10);1-2,10H,7H2;1-2,9,12H,7H2;1-2,9H,7H2,(H,12,13,14);2*1-3,9H,7H2. The molecule has 0 heterocycles. The number of benzene rings is 9. The van der Waals surface area contributed by atoms with Gasteiger partial charge in [-0.2, -0.15) is 8.42 Å². The van der Waals surface area contributed by atoms with Gasteiger partial charge >= 0.3 is 23.3 Å². The van der Waals surface area contributed by atoms with Crippen molar-refractivity contribution >= 4 is 151 Å². The van der Waals surface area contributed by atoms with Crippen molar-refractivity contribution in [3.8, 4) is 46.0 Å². The normalized spacial score (nSPS) is 10.3. The summed E-state index contributed by atoms with van der Waals surface area (Å²) >= 11 is 1.06. The lowest BCUT2D eigenvalue weighted by Crippen LogP contribution is -2.18. The number of nitro groups is 6. The van der Waals surface area contributed by atoms with Gasteiger partial charge in [-0.1, -0.05) is 22.2 Å². The van der Waals surface area contributed by atoms with E-state index in [1.165, 1.54) is 85.9 Å². The molecule has 58 heteroatoms. The Morgan fingerprint density at radius 3 is 1.15 bits per heavy atom. The van der Waals surface area contributed by atoms with Gasteiger partial charge in [0.15, 0.2) is 21.3 Å². The molecule has 0 atom stereocenters. The summed E-state index contributed by atoms with van der Waals surface area (Å²) in [5, 5.41) is 174. The molecule has 0 spiro atoms. The van der Waals surface area contributed by atoms with E-state index in [9.17, 15) is 106 Å². The molecule has 0 fully saturated rings. The van der Waals surface area contributed by atoms with E-state index in [4.69, 9.17) is 108 Å². The van der Waals surface area contributed by atoms with Crippen LogP contribution in [0.1, 0.15) is 20.7 Å². The molecule has 0 radical (unpaired) electrons. The van der Waals surface area contributed by atoms with E-state index in [1.54, 1.807) is 18.2 Å². The zero-order chi connectivity index (χ0) is 89.4. The number of aromatic hydroxyl groups is 8. The molecule has 0 aromatic heterocycles. The lowest BCUT2D eigenvalue weighted by atomic mass is 10.2. The molecule has 626 valence electrons. The Balaban J connectivity index is 0.000000654. The first-order chi connectivity index (χ1) is 53.6. The van der Waals surface area contributed by atoms with Crippen LogP contribution in [0.3, 0.4) is 0 Å². The largest absolute Gasteiger partial charge is 0.506 e. The van der Waals surface area contributed by atoms with E-state index in [2.05, 4.69) is 23.5 Å². The van der Waals surface area contributed by atoms with Crippen LogP contribution in [0, 0.1) is 60.7 Å². The molecule has 0 aliphatic rings. The van der Waals surface area contributed by atoms with Gasteiger partial charge in [-0.05, 0) is 85.9 Å². The number of carboxylic acids is 2. The van der Waals surface area contributed by atoms with E-state index >= 15 is 0 Å². The predicted molar refractivity (Wildman–Crippen MR) is 405 cm³/mol. The summed E-state index contributed by atoms with van der Waals surface area (Å²) < 4.78 is 84.7. The number of nitrogens with one attached hydrogen (secondary N) is 1. The van der Waals surface area contributed by atoms with E-state index in [1.807, 2.05) is 0 Å². The van der Waals surface area contributed by atoms with Gasteiger partial charge < -0.3 is 103 Å². The fourth-order valence-electron chi connectivity index (χ4n) is 7.11. The zero-order valence-electron chi connectivity index (χ0n) is 57.9. The van der Waals surface area contributed by atoms with Gasteiger partial charge in [0.1, 0.15) is 33.5 Å². The Morgan fingerprint density at radius 1 is 0.388 bits per heavy atom. The van der Waals surface area contributed by atoms with Gasteiger partial charge in [0.05, 0.1) is 127 Å². The number of anilines is 9. The molecule has 0 saturated carbocycles. The highest BCUT2D eigenvalue weighted by atomic mass is 32.2. The fraction of sp³-hybridized carbons (Fsp3) is 0.0345. The average Bonchev–Trinajstić information content (AvgIpc) is 0.802. The van der Waals surface area contributed by atoms with E-state index < -0.39 is 133 Å². The van der Waals surface area contributed by atoms with Gasteiger partial charge in [-0.25, -0.2) is 41.7 Å². The molecule has 9 rings (SSSR count). The van der Waals surface area contributed by atoms with Crippen LogP contribution in [-0.4, -0.2) is 146 Å². The van der Waals surface area contributed by atoms with Gasteiger partial charge in [-0.3, -0.25) is 65.2 Å². The van der Waals surface area contributed by atoms with Crippen LogP contribution < -0.4 is 56.3 Å². The first kappa shape index (κ1) is 99.2. The van der Waals surface area contributed by atoms with Crippen molar-refractivity contribution in [2.75, 3.05) is 64.9 Å². The quantitative estimate of drug-likeness (QED) is 0.00849. The van der Waals surface area contributed by atoms with Crippen molar-refractivity contribution in [2.24, 2.45) is 0 Å². The second kappa shape index (κ2) is 44.9. The second-order valence-electron chi connectivity index (χ2n) is 20.6. The van der Waals surface area contributed by atoms with Crippen LogP contribution in [0.4, 0.5) is 85.3 Å². The fourth-order valence-corrected chi connectivity index (χ4v) is 10.1.